The molecule has 0 atom stereocenters. The summed E-state index contributed by atoms with van der Waals surface area (Å²) in [5.41, 5.74) is 0. The van der Waals surface area contributed by atoms with E-state index >= 15 is 0 Å². The first kappa shape index (κ1) is 12.1. The Morgan fingerprint density at radius 3 is 2.12 bits per heavy atom. The molecule has 0 aliphatic rings. The van der Waals surface area contributed by atoms with Crippen LogP contribution in [-0.2, 0) is 0 Å². The molecule has 4 heteroatoms. The molecule has 0 aliphatic heterocycles. The van der Waals surface area contributed by atoms with E-state index in [-0.39, 0.29) is 0 Å². The molecular formula is C12H7Cl3S. The Morgan fingerprint density at radius 1 is 0.750 bits per heavy atom. The van der Waals surface area contributed by atoms with Crippen LogP contribution >= 0.6 is 46.6 Å². The minimum absolute atomic E-state index is 0.633. The van der Waals surface area contributed by atoms with Gasteiger partial charge in [-0.2, -0.15) is 0 Å². The lowest BCUT2D eigenvalue weighted by Gasteiger charge is -2.05. The molecule has 0 saturated heterocycles. The highest BCUT2D eigenvalue weighted by molar-refractivity contribution is 7.99. The van der Waals surface area contributed by atoms with E-state index in [2.05, 4.69) is 0 Å². The van der Waals surface area contributed by atoms with Crippen molar-refractivity contribution in [3.8, 4) is 0 Å². The largest absolute Gasteiger partial charge is 0.0870 e. The van der Waals surface area contributed by atoms with Crippen molar-refractivity contribution < 1.29 is 0 Å². The van der Waals surface area contributed by atoms with E-state index in [9.17, 15) is 0 Å². The van der Waals surface area contributed by atoms with E-state index in [1.165, 1.54) is 11.8 Å². The normalized spacial score (nSPS) is 10.4. The van der Waals surface area contributed by atoms with Gasteiger partial charge in [0.1, 0.15) is 0 Å². The van der Waals surface area contributed by atoms with Gasteiger partial charge in [0.15, 0.2) is 0 Å². The van der Waals surface area contributed by atoms with E-state index in [0.29, 0.717) is 10.0 Å². The van der Waals surface area contributed by atoms with Crippen LogP contribution < -0.4 is 0 Å². The minimum atomic E-state index is 0.633. The Morgan fingerprint density at radius 2 is 1.44 bits per heavy atom. The average Bonchev–Trinajstić information content (AvgIpc) is 2.25. The Hall–Kier alpha value is -0.340. The first-order valence-corrected chi connectivity index (χ1v) is 6.49. The molecule has 0 fully saturated rings. The lowest BCUT2D eigenvalue weighted by molar-refractivity contribution is 1.41. The fourth-order valence-electron chi connectivity index (χ4n) is 1.20. The van der Waals surface area contributed by atoms with Crippen LogP contribution in [0.25, 0.3) is 0 Å². The first-order valence-electron chi connectivity index (χ1n) is 4.54. The standard InChI is InChI=1S/C12H7Cl3S/c13-8-5-6-12(10(15)7-8)16-11-4-2-1-3-9(11)14/h1-7H. The molecule has 2 aromatic carbocycles. The number of halogens is 3. The van der Waals surface area contributed by atoms with Gasteiger partial charge in [-0.3, -0.25) is 0 Å². The van der Waals surface area contributed by atoms with Gasteiger partial charge in [0, 0.05) is 14.8 Å². The number of rotatable bonds is 2. The van der Waals surface area contributed by atoms with Gasteiger partial charge in [0.25, 0.3) is 0 Å². The van der Waals surface area contributed by atoms with Gasteiger partial charge in [0.05, 0.1) is 10.0 Å². The van der Waals surface area contributed by atoms with Crippen molar-refractivity contribution in [2.45, 2.75) is 9.79 Å². The van der Waals surface area contributed by atoms with Crippen molar-refractivity contribution in [3.63, 3.8) is 0 Å². The number of hydrogen-bond acceptors (Lipinski definition) is 1. The summed E-state index contributed by atoms with van der Waals surface area (Å²) in [4.78, 5) is 1.92. The average molecular weight is 290 g/mol. The van der Waals surface area contributed by atoms with Crippen molar-refractivity contribution >= 4 is 46.6 Å². The molecule has 0 spiro atoms. The molecule has 0 saturated carbocycles. The van der Waals surface area contributed by atoms with E-state index in [4.69, 9.17) is 34.8 Å². The predicted octanol–water partition coefficient (Wildman–Crippen LogP) is 5.80. The van der Waals surface area contributed by atoms with Gasteiger partial charge in [-0.05, 0) is 30.3 Å². The summed E-state index contributed by atoms with van der Waals surface area (Å²) in [6, 6.07) is 13.1. The predicted molar refractivity (Wildman–Crippen MR) is 72.0 cm³/mol. The molecule has 0 radical (unpaired) electrons. The SMILES string of the molecule is Clc1ccc(Sc2ccccc2Cl)c(Cl)c1. The van der Waals surface area contributed by atoms with Crippen molar-refractivity contribution in [2.24, 2.45) is 0 Å². The topological polar surface area (TPSA) is 0 Å². The third-order valence-electron chi connectivity index (χ3n) is 1.95. The van der Waals surface area contributed by atoms with Gasteiger partial charge in [-0.15, -0.1) is 0 Å². The van der Waals surface area contributed by atoms with Gasteiger partial charge >= 0.3 is 0 Å². The third kappa shape index (κ3) is 2.86. The summed E-state index contributed by atoms with van der Waals surface area (Å²) < 4.78 is 0. The van der Waals surface area contributed by atoms with Crippen LogP contribution in [0.3, 0.4) is 0 Å². The molecule has 0 aromatic heterocycles. The molecule has 0 heterocycles. The summed E-state index contributed by atoms with van der Waals surface area (Å²) >= 11 is 19.5. The highest BCUT2D eigenvalue weighted by atomic mass is 35.5. The summed E-state index contributed by atoms with van der Waals surface area (Å²) in [5, 5.41) is 1.99. The molecule has 2 rings (SSSR count). The molecule has 16 heavy (non-hydrogen) atoms. The van der Waals surface area contributed by atoms with Crippen LogP contribution in [0.1, 0.15) is 0 Å². The van der Waals surface area contributed by atoms with Crippen molar-refractivity contribution in [1.82, 2.24) is 0 Å². The highest BCUT2D eigenvalue weighted by Gasteiger charge is 2.05. The van der Waals surface area contributed by atoms with Crippen LogP contribution in [0.15, 0.2) is 52.3 Å². The summed E-state index contributed by atoms with van der Waals surface area (Å²) in [5.74, 6) is 0. The molecule has 0 bridgehead atoms. The maximum absolute atomic E-state index is 6.08. The fourth-order valence-corrected chi connectivity index (χ4v) is 2.82. The lowest BCUT2D eigenvalue weighted by atomic mass is 10.4. The second-order valence-electron chi connectivity index (χ2n) is 3.11. The molecule has 0 nitrogen and oxygen atoms in total. The Bertz CT molecular complexity index is 511. The Labute approximate surface area is 114 Å². The van der Waals surface area contributed by atoms with Crippen molar-refractivity contribution in [2.75, 3.05) is 0 Å². The summed E-state index contributed by atoms with van der Waals surface area (Å²) in [6.07, 6.45) is 0. The molecule has 0 unspecified atom stereocenters. The van der Waals surface area contributed by atoms with Crippen LogP contribution in [-0.4, -0.2) is 0 Å². The van der Waals surface area contributed by atoms with Crippen LogP contribution in [0, 0.1) is 0 Å². The zero-order valence-electron chi connectivity index (χ0n) is 8.08. The quantitative estimate of drug-likeness (QED) is 0.673. The molecule has 0 N–H and O–H groups in total. The Balaban J connectivity index is 2.31. The van der Waals surface area contributed by atoms with E-state index in [1.807, 2.05) is 36.4 Å². The minimum Gasteiger partial charge on any atom is -0.0870 e. The third-order valence-corrected chi connectivity index (χ3v) is 4.20. The molecule has 82 valence electrons. The number of hydrogen-bond donors (Lipinski definition) is 0. The van der Waals surface area contributed by atoms with Gasteiger partial charge in [-0.25, -0.2) is 0 Å². The van der Waals surface area contributed by atoms with E-state index in [0.717, 1.165) is 14.8 Å². The lowest BCUT2D eigenvalue weighted by Crippen LogP contribution is -1.77. The monoisotopic (exact) mass is 288 g/mol. The maximum Gasteiger partial charge on any atom is 0.0560 e. The van der Waals surface area contributed by atoms with Crippen molar-refractivity contribution in [3.05, 3.63) is 57.5 Å². The van der Waals surface area contributed by atoms with E-state index in [1.54, 1.807) is 6.07 Å². The first-order chi connectivity index (χ1) is 7.66. The molecular weight excluding hydrogens is 283 g/mol. The Kier molecular flexibility index (Phi) is 4.04. The zero-order chi connectivity index (χ0) is 11.5. The van der Waals surface area contributed by atoms with Crippen molar-refractivity contribution in [1.29, 1.82) is 0 Å². The van der Waals surface area contributed by atoms with Gasteiger partial charge in [-0.1, -0.05) is 58.7 Å². The second-order valence-corrected chi connectivity index (χ2v) is 5.44. The second kappa shape index (κ2) is 5.33. The van der Waals surface area contributed by atoms with Crippen LogP contribution in [0.4, 0.5) is 0 Å². The van der Waals surface area contributed by atoms with Gasteiger partial charge in [0.2, 0.25) is 0 Å². The molecule has 2 aromatic rings. The zero-order valence-corrected chi connectivity index (χ0v) is 11.2. The maximum atomic E-state index is 6.08. The molecule has 0 amide bonds. The molecule has 0 aliphatic carbocycles. The van der Waals surface area contributed by atoms with Crippen LogP contribution in [0.5, 0.6) is 0 Å². The fraction of sp³-hybridized carbons (Fsp3) is 0. The van der Waals surface area contributed by atoms with E-state index < -0.39 is 0 Å². The highest BCUT2D eigenvalue weighted by Crippen LogP contribution is 2.37. The number of benzene rings is 2. The summed E-state index contributed by atoms with van der Waals surface area (Å²) in [7, 11) is 0. The smallest absolute Gasteiger partial charge is 0.0560 e. The van der Waals surface area contributed by atoms with Gasteiger partial charge < -0.3 is 0 Å². The van der Waals surface area contributed by atoms with Crippen LogP contribution in [0.2, 0.25) is 15.1 Å². The summed E-state index contributed by atoms with van der Waals surface area (Å²) in [6.45, 7) is 0.